The number of hydrogen-bond donors (Lipinski definition) is 1. The van der Waals surface area contributed by atoms with Gasteiger partial charge in [0.15, 0.2) is 17.7 Å². The van der Waals surface area contributed by atoms with Gasteiger partial charge < -0.3 is 10.1 Å². The number of nitrogens with one attached hydrogen (secondary N) is 1. The Bertz CT molecular complexity index is 1160. The van der Waals surface area contributed by atoms with Crippen LogP contribution in [0.5, 0.6) is 5.75 Å². The van der Waals surface area contributed by atoms with Crippen molar-refractivity contribution in [3.8, 4) is 5.75 Å². The molecule has 0 aliphatic carbocycles. The van der Waals surface area contributed by atoms with E-state index in [1.807, 2.05) is 55.5 Å². The molecular weight excluding hydrogens is 541 g/mol. The molecule has 1 N–H and O–H groups in total. The van der Waals surface area contributed by atoms with Gasteiger partial charge in [0.1, 0.15) is 5.75 Å². The normalized spacial score (nSPS) is 12.5. The molecule has 0 aliphatic heterocycles. The third kappa shape index (κ3) is 7.25. The first-order valence-electron chi connectivity index (χ1n) is 11.1. The van der Waals surface area contributed by atoms with Crippen molar-refractivity contribution in [3.63, 3.8) is 0 Å². The maximum Gasteiger partial charge on any atom is 0.255 e. The lowest BCUT2D eigenvalue weighted by molar-refractivity contribution is -0.124. The first-order chi connectivity index (χ1) is 16.2. The molecule has 0 spiro atoms. The Morgan fingerprint density at radius 3 is 2.03 bits per heavy atom. The van der Waals surface area contributed by atoms with Crippen molar-refractivity contribution in [1.82, 2.24) is 5.32 Å². The number of ketones is 2. The molecule has 0 heterocycles. The van der Waals surface area contributed by atoms with Gasteiger partial charge in [0.05, 0.1) is 11.6 Å². The third-order valence-corrected chi connectivity index (χ3v) is 6.23. The van der Waals surface area contributed by atoms with Crippen LogP contribution in [-0.4, -0.2) is 29.6 Å². The van der Waals surface area contributed by atoms with E-state index >= 15 is 0 Å². The monoisotopic (exact) mass is 569 g/mol. The Balaban J connectivity index is 1.62. The van der Waals surface area contributed by atoms with E-state index in [9.17, 15) is 14.4 Å². The van der Waals surface area contributed by atoms with Gasteiger partial charge in [-0.25, -0.2) is 0 Å². The minimum Gasteiger partial charge on any atom is -0.482 e. The summed E-state index contributed by atoms with van der Waals surface area (Å²) in [6.45, 7) is 5.34. The highest BCUT2D eigenvalue weighted by atomic mass is 127. The Hall–Kier alpha value is -3.00. The zero-order valence-corrected chi connectivity index (χ0v) is 21.7. The zero-order valence-electron chi connectivity index (χ0n) is 19.5. The first kappa shape index (κ1) is 25.6. The lowest BCUT2D eigenvalue weighted by Crippen LogP contribution is -2.39. The van der Waals surface area contributed by atoms with Crippen molar-refractivity contribution in [1.29, 1.82) is 0 Å². The van der Waals surface area contributed by atoms with Crippen LogP contribution in [0.15, 0.2) is 72.8 Å². The van der Waals surface area contributed by atoms with E-state index in [1.54, 1.807) is 38.1 Å². The second kappa shape index (κ2) is 11.9. The lowest BCUT2D eigenvalue weighted by Gasteiger charge is -2.18. The summed E-state index contributed by atoms with van der Waals surface area (Å²) in [5.41, 5.74) is 3.22. The van der Waals surface area contributed by atoms with Crippen molar-refractivity contribution in [2.24, 2.45) is 0 Å². The molecule has 3 aromatic carbocycles. The molecule has 176 valence electrons. The molecule has 6 heteroatoms. The molecule has 0 saturated heterocycles. The molecule has 0 aliphatic rings. The van der Waals surface area contributed by atoms with Gasteiger partial charge in [0, 0.05) is 16.4 Å². The summed E-state index contributed by atoms with van der Waals surface area (Å²) in [6.07, 6.45) is -0.241. The second-order valence-corrected chi connectivity index (χ2v) is 9.60. The molecule has 5 nitrogen and oxygen atoms in total. The van der Waals surface area contributed by atoms with Gasteiger partial charge in [-0.3, -0.25) is 14.4 Å². The molecule has 1 amide bonds. The van der Waals surface area contributed by atoms with Gasteiger partial charge in [-0.15, -0.1) is 0 Å². The fourth-order valence-electron chi connectivity index (χ4n) is 3.38. The lowest BCUT2D eigenvalue weighted by atomic mass is 10.0. The van der Waals surface area contributed by atoms with Crippen molar-refractivity contribution < 1.29 is 19.1 Å². The zero-order chi connectivity index (χ0) is 24.7. The number of Topliss-reactive ketones (excluding diaryl/α,β-unsaturated/α-hetero) is 2. The molecule has 0 bridgehead atoms. The van der Waals surface area contributed by atoms with Gasteiger partial charge in [-0.1, -0.05) is 54.1 Å². The number of carbonyl (C=O) groups excluding carboxylic acids is 3. The second-order valence-electron chi connectivity index (χ2n) is 8.35. The van der Waals surface area contributed by atoms with Crippen LogP contribution in [0.2, 0.25) is 0 Å². The van der Waals surface area contributed by atoms with Crippen LogP contribution >= 0.6 is 22.6 Å². The number of para-hydroxylation sites is 1. The van der Waals surface area contributed by atoms with Crippen molar-refractivity contribution in [2.75, 3.05) is 0 Å². The predicted octanol–water partition coefficient (Wildman–Crippen LogP) is 5.11. The Morgan fingerprint density at radius 2 is 1.38 bits per heavy atom. The van der Waals surface area contributed by atoms with Crippen LogP contribution in [-0.2, 0) is 22.4 Å². The number of amides is 1. The highest BCUT2D eigenvalue weighted by molar-refractivity contribution is 14.1. The Morgan fingerprint density at radius 1 is 0.824 bits per heavy atom. The number of hydrogen-bond acceptors (Lipinski definition) is 4. The predicted molar refractivity (Wildman–Crippen MR) is 141 cm³/mol. The summed E-state index contributed by atoms with van der Waals surface area (Å²) in [7, 11) is 0. The fraction of sp³-hybridized carbons (Fsp3) is 0.250. The number of benzene rings is 3. The van der Waals surface area contributed by atoms with Crippen LogP contribution in [0.1, 0.15) is 40.9 Å². The molecule has 0 fully saturated rings. The summed E-state index contributed by atoms with van der Waals surface area (Å²) in [6, 6.07) is 21.6. The van der Waals surface area contributed by atoms with Crippen LogP contribution in [0, 0.1) is 10.5 Å². The molecule has 0 saturated carbocycles. The van der Waals surface area contributed by atoms with Gasteiger partial charge in [-0.2, -0.15) is 0 Å². The van der Waals surface area contributed by atoms with Crippen molar-refractivity contribution >= 4 is 40.1 Å². The minimum atomic E-state index is -0.728. The van der Waals surface area contributed by atoms with E-state index in [0.717, 1.165) is 20.3 Å². The molecule has 0 aromatic heterocycles. The summed E-state index contributed by atoms with van der Waals surface area (Å²) < 4.78 is 6.98. The van der Waals surface area contributed by atoms with Crippen LogP contribution < -0.4 is 10.1 Å². The number of carbonyl (C=O) groups is 3. The number of rotatable bonds is 10. The average Bonchev–Trinajstić information content (AvgIpc) is 2.82. The van der Waals surface area contributed by atoms with Gasteiger partial charge in [-0.05, 0) is 78.8 Å². The molecule has 3 rings (SSSR count). The van der Waals surface area contributed by atoms with E-state index < -0.39 is 18.1 Å². The third-order valence-electron chi connectivity index (χ3n) is 5.51. The summed E-state index contributed by atoms with van der Waals surface area (Å²) in [5, 5.41) is 2.76. The molecule has 34 heavy (non-hydrogen) atoms. The molecule has 2 atom stereocenters. The van der Waals surface area contributed by atoms with Crippen LogP contribution in [0.25, 0.3) is 0 Å². The summed E-state index contributed by atoms with van der Waals surface area (Å²) >= 11 is 2.22. The Kier molecular flexibility index (Phi) is 8.98. The maximum atomic E-state index is 12.9. The highest BCUT2D eigenvalue weighted by Crippen LogP contribution is 2.20. The van der Waals surface area contributed by atoms with Gasteiger partial charge in [0.25, 0.3) is 5.91 Å². The molecule has 0 radical (unpaired) electrons. The highest BCUT2D eigenvalue weighted by Gasteiger charge is 2.22. The summed E-state index contributed by atoms with van der Waals surface area (Å²) in [4.78, 5) is 38.2. The number of aryl methyl sites for hydroxylation is 1. The van der Waals surface area contributed by atoms with Crippen LogP contribution in [0.4, 0.5) is 0 Å². The number of ether oxygens (including phenoxy) is 1. The standard InChI is InChI=1S/C28H28INO4/c1-18-8-10-21(11-9-18)16-25(31)19(2)30-28(33)24-6-4-5-7-27(24)34-20(3)26(32)17-22-12-14-23(29)15-13-22/h4-15,19-20H,16-17H2,1-3H3,(H,30,33)/t19-,20-/m1/s1. The minimum absolute atomic E-state index is 0.0851. The average molecular weight is 569 g/mol. The van der Waals surface area contributed by atoms with E-state index in [1.165, 1.54) is 0 Å². The SMILES string of the molecule is Cc1ccc(CC(=O)[C@@H](C)NC(=O)c2ccccc2O[C@H](C)C(=O)Cc2ccc(I)cc2)cc1. The maximum absolute atomic E-state index is 12.9. The van der Waals surface area contributed by atoms with E-state index in [0.29, 0.717) is 5.75 Å². The van der Waals surface area contributed by atoms with Crippen LogP contribution in [0.3, 0.4) is 0 Å². The van der Waals surface area contributed by atoms with Gasteiger partial charge >= 0.3 is 0 Å². The topological polar surface area (TPSA) is 72.5 Å². The Labute approximate surface area is 214 Å². The number of halogens is 1. The quantitative estimate of drug-likeness (QED) is 0.345. The van der Waals surface area contributed by atoms with E-state index in [-0.39, 0.29) is 30.0 Å². The largest absolute Gasteiger partial charge is 0.482 e. The van der Waals surface area contributed by atoms with E-state index in [2.05, 4.69) is 27.9 Å². The molecule has 3 aromatic rings. The van der Waals surface area contributed by atoms with Gasteiger partial charge in [0.2, 0.25) is 0 Å². The van der Waals surface area contributed by atoms with Crippen molar-refractivity contribution in [3.05, 3.63) is 98.6 Å². The smallest absolute Gasteiger partial charge is 0.255 e. The molecular formula is C28H28INO4. The fourth-order valence-corrected chi connectivity index (χ4v) is 3.74. The van der Waals surface area contributed by atoms with Crippen molar-refractivity contribution in [2.45, 2.75) is 45.8 Å². The summed E-state index contributed by atoms with van der Waals surface area (Å²) in [5.74, 6) is -0.283. The van der Waals surface area contributed by atoms with E-state index in [4.69, 9.17) is 4.74 Å². The first-order valence-corrected chi connectivity index (χ1v) is 12.2. The molecule has 0 unspecified atom stereocenters.